The Kier molecular flexibility index (Phi) is 4.31. The second-order valence-electron chi connectivity index (χ2n) is 9.58. The lowest BCUT2D eigenvalue weighted by Crippen LogP contribution is -2.54. The van der Waals surface area contributed by atoms with Gasteiger partial charge in [-0.2, -0.15) is 0 Å². The van der Waals surface area contributed by atoms with E-state index in [-0.39, 0.29) is 5.41 Å². The molecule has 4 saturated carbocycles. The first kappa shape index (κ1) is 16.8. The Labute approximate surface area is 157 Å². The van der Waals surface area contributed by atoms with Crippen LogP contribution in [0.3, 0.4) is 0 Å². The summed E-state index contributed by atoms with van der Waals surface area (Å²) < 4.78 is 0. The number of likely N-dealkylation sites (tertiary alicyclic amines) is 1. The van der Waals surface area contributed by atoms with E-state index in [1.54, 1.807) is 0 Å². The molecule has 26 heavy (non-hydrogen) atoms. The van der Waals surface area contributed by atoms with Crippen molar-refractivity contribution in [3.8, 4) is 0 Å². The molecule has 3 heteroatoms. The van der Waals surface area contributed by atoms with Gasteiger partial charge in [0.05, 0.1) is 6.04 Å². The van der Waals surface area contributed by atoms with Gasteiger partial charge in [-0.05, 0) is 87.8 Å². The minimum absolute atomic E-state index is 0.0268. The molecule has 1 amide bonds. The van der Waals surface area contributed by atoms with Crippen LogP contribution in [0, 0.1) is 23.2 Å². The van der Waals surface area contributed by atoms with E-state index in [1.165, 1.54) is 37.7 Å². The molecule has 1 saturated heterocycles. The average Bonchev–Trinajstić information content (AvgIpc) is 3.16. The molecular formula is C23H32N2O. The SMILES string of the molecule is O=C(NC[C@@H](c1ccccc1)N1CCCC1)C12CC3CC(CC(C3)C1)C2. The number of benzene rings is 1. The van der Waals surface area contributed by atoms with Crippen molar-refractivity contribution in [1.29, 1.82) is 0 Å². The molecule has 0 aromatic heterocycles. The number of carbonyl (C=O) groups excluding carboxylic acids is 1. The summed E-state index contributed by atoms with van der Waals surface area (Å²) in [5.41, 5.74) is 1.32. The lowest BCUT2D eigenvalue weighted by Gasteiger charge is -2.55. The van der Waals surface area contributed by atoms with Gasteiger partial charge >= 0.3 is 0 Å². The maximum absolute atomic E-state index is 13.3. The van der Waals surface area contributed by atoms with E-state index >= 15 is 0 Å². The maximum atomic E-state index is 13.3. The second-order valence-corrected chi connectivity index (χ2v) is 9.58. The number of nitrogens with one attached hydrogen (secondary N) is 1. The molecule has 3 nitrogen and oxygen atoms in total. The molecule has 0 radical (unpaired) electrons. The molecule has 0 spiro atoms. The Morgan fingerprint density at radius 1 is 1.00 bits per heavy atom. The van der Waals surface area contributed by atoms with E-state index in [1.807, 2.05) is 0 Å². The highest BCUT2D eigenvalue weighted by Gasteiger charge is 2.54. The van der Waals surface area contributed by atoms with Crippen molar-refractivity contribution in [3.05, 3.63) is 35.9 Å². The van der Waals surface area contributed by atoms with E-state index in [9.17, 15) is 4.79 Å². The van der Waals surface area contributed by atoms with Gasteiger partial charge in [-0.1, -0.05) is 30.3 Å². The van der Waals surface area contributed by atoms with Crippen LogP contribution in [0.4, 0.5) is 0 Å². The van der Waals surface area contributed by atoms with E-state index in [4.69, 9.17) is 0 Å². The van der Waals surface area contributed by atoms with Crippen LogP contribution in [0.5, 0.6) is 0 Å². The van der Waals surface area contributed by atoms with Gasteiger partial charge in [-0.15, -0.1) is 0 Å². The standard InChI is InChI=1S/C23H32N2O/c26-22(23-13-17-10-18(14-23)12-19(11-17)15-23)24-16-21(25-8-4-5-9-25)20-6-2-1-3-7-20/h1-3,6-7,17-19,21H,4-5,8-16H2,(H,24,26)/t17?,18?,19?,21-,23?/m0/s1. The number of nitrogens with zero attached hydrogens (tertiary/aromatic N) is 1. The lowest BCUT2D eigenvalue weighted by atomic mass is 9.49. The fourth-order valence-corrected chi connectivity index (χ4v) is 6.95. The van der Waals surface area contributed by atoms with Crippen molar-refractivity contribution in [3.63, 3.8) is 0 Å². The third-order valence-corrected chi connectivity index (χ3v) is 7.74. The van der Waals surface area contributed by atoms with Crippen LogP contribution in [0.1, 0.15) is 63.0 Å². The van der Waals surface area contributed by atoms with Crippen molar-refractivity contribution in [2.45, 2.75) is 57.4 Å². The van der Waals surface area contributed by atoms with Crippen molar-refractivity contribution in [2.24, 2.45) is 23.2 Å². The Balaban J connectivity index is 1.30. The predicted octanol–water partition coefficient (Wildman–Crippen LogP) is 4.16. The van der Waals surface area contributed by atoms with Gasteiger partial charge in [-0.3, -0.25) is 9.69 Å². The fraction of sp³-hybridized carbons (Fsp3) is 0.696. The normalized spacial score (nSPS) is 37.0. The zero-order valence-corrected chi connectivity index (χ0v) is 15.8. The van der Waals surface area contributed by atoms with Crippen LogP contribution in [0.2, 0.25) is 0 Å². The molecule has 1 heterocycles. The Morgan fingerprint density at radius 3 is 2.15 bits per heavy atom. The smallest absolute Gasteiger partial charge is 0.226 e. The summed E-state index contributed by atoms with van der Waals surface area (Å²) in [6.07, 6.45) is 10.2. The molecule has 5 fully saturated rings. The molecule has 5 aliphatic rings. The molecule has 0 unspecified atom stereocenters. The van der Waals surface area contributed by atoms with E-state index in [0.717, 1.165) is 56.7 Å². The molecular weight excluding hydrogens is 320 g/mol. The van der Waals surface area contributed by atoms with E-state index in [2.05, 4.69) is 40.5 Å². The number of rotatable bonds is 5. The van der Waals surface area contributed by atoms with E-state index in [0.29, 0.717) is 11.9 Å². The van der Waals surface area contributed by atoms with Crippen LogP contribution in [-0.2, 0) is 4.79 Å². The first-order chi connectivity index (χ1) is 12.7. The summed E-state index contributed by atoms with van der Waals surface area (Å²) in [4.78, 5) is 15.9. The summed E-state index contributed by atoms with van der Waals surface area (Å²) in [5.74, 6) is 2.86. The fourth-order valence-electron chi connectivity index (χ4n) is 6.95. The highest BCUT2D eigenvalue weighted by atomic mass is 16.2. The van der Waals surface area contributed by atoms with Gasteiger partial charge in [0.15, 0.2) is 0 Å². The van der Waals surface area contributed by atoms with Crippen LogP contribution in [0.15, 0.2) is 30.3 Å². The third kappa shape index (κ3) is 2.98. The molecule has 140 valence electrons. The highest BCUT2D eigenvalue weighted by molar-refractivity contribution is 5.83. The monoisotopic (exact) mass is 352 g/mol. The van der Waals surface area contributed by atoms with Crippen molar-refractivity contribution >= 4 is 5.91 Å². The van der Waals surface area contributed by atoms with Crippen molar-refractivity contribution < 1.29 is 4.79 Å². The molecule has 6 rings (SSSR count). The van der Waals surface area contributed by atoms with Crippen molar-refractivity contribution in [2.75, 3.05) is 19.6 Å². The summed E-state index contributed by atoms with van der Waals surface area (Å²) >= 11 is 0. The third-order valence-electron chi connectivity index (χ3n) is 7.74. The largest absolute Gasteiger partial charge is 0.354 e. The maximum Gasteiger partial charge on any atom is 0.226 e. The van der Waals surface area contributed by atoms with Gasteiger partial charge in [0.1, 0.15) is 0 Å². The van der Waals surface area contributed by atoms with Crippen LogP contribution in [0.25, 0.3) is 0 Å². The van der Waals surface area contributed by atoms with Gasteiger partial charge in [0.25, 0.3) is 0 Å². The summed E-state index contributed by atoms with van der Waals surface area (Å²) in [5, 5.41) is 3.43. The topological polar surface area (TPSA) is 32.3 Å². The minimum Gasteiger partial charge on any atom is -0.354 e. The molecule has 1 N–H and O–H groups in total. The zero-order valence-electron chi connectivity index (χ0n) is 15.8. The Morgan fingerprint density at radius 2 is 1.58 bits per heavy atom. The highest BCUT2D eigenvalue weighted by Crippen LogP contribution is 2.60. The molecule has 4 bridgehead atoms. The molecule has 4 aliphatic carbocycles. The summed E-state index contributed by atoms with van der Waals surface area (Å²) in [6, 6.07) is 11.1. The second kappa shape index (κ2) is 6.67. The van der Waals surface area contributed by atoms with Crippen LogP contribution in [-0.4, -0.2) is 30.4 Å². The molecule has 1 aromatic rings. The van der Waals surface area contributed by atoms with Gasteiger partial charge in [0, 0.05) is 12.0 Å². The van der Waals surface area contributed by atoms with Gasteiger partial charge in [0.2, 0.25) is 5.91 Å². The van der Waals surface area contributed by atoms with Crippen molar-refractivity contribution in [1.82, 2.24) is 10.2 Å². The molecule has 1 atom stereocenters. The number of hydrogen-bond donors (Lipinski definition) is 1. The predicted molar refractivity (Wildman–Crippen MR) is 104 cm³/mol. The van der Waals surface area contributed by atoms with Crippen LogP contribution >= 0.6 is 0 Å². The lowest BCUT2D eigenvalue weighted by molar-refractivity contribution is -0.146. The summed E-state index contributed by atoms with van der Waals surface area (Å²) in [7, 11) is 0. The first-order valence-electron chi connectivity index (χ1n) is 10.8. The van der Waals surface area contributed by atoms with Gasteiger partial charge in [-0.25, -0.2) is 0 Å². The quantitative estimate of drug-likeness (QED) is 0.863. The number of hydrogen-bond acceptors (Lipinski definition) is 2. The molecule has 1 aromatic carbocycles. The van der Waals surface area contributed by atoms with Gasteiger partial charge < -0.3 is 5.32 Å². The summed E-state index contributed by atoms with van der Waals surface area (Å²) in [6.45, 7) is 3.09. The Hall–Kier alpha value is -1.35. The Bertz CT molecular complexity index is 614. The first-order valence-corrected chi connectivity index (χ1v) is 10.8. The average molecular weight is 353 g/mol. The number of carbonyl (C=O) groups is 1. The zero-order chi connectivity index (χ0) is 17.6. The minimum atomic E-state index is -0.0268. The number of amides is 1. The molecule has 1 aliphatic heterocycles. The van der Waals surface area contributed by atoms with E-state index < -0.39 is 0 Å². The van der Waals surface area contributed by atoms with Crippen LogP contribution < -0.4 is 5.32 Å².